The predicted molar refractivity (Wildman–Crippen MR) is 70.7 cm³/mol. The Labute approximate surface area is 120 Å². The van der Waals surface area contributed by atoms with Gasteiger partial charge in [-0.05, 0) is 0 Å². The Balaban J connectivity index is 2.51. The van der Waals surface area contributed by atoms with Crippen molar-refractivity contribution in [1.82, 2.24) is 4.98 Å². The number of hydrogen-bond acceptors (Lipinski definition) is 7. The van der Waals surface area contributed by atoms with Gasteiger partial charge in [-0.25, -0.2) is 9.78 Å². The molecular weight excluding hydrogens is 284 g/mol. The lowest BCUT2D eigenvalue weighted by atomic mass is 10.2. The third-order valence-corrected chi connectivity index (χ3v) is 2.38. The van der Waals surface area contributed by atoms with E-state index in [1.807, 2.05) is 0 Å². The molecule has 0 atom stereocenters. The van der Waals surface area contributed by atoms with E-state index in [0.717, 1.165) is 12.3 Å². The van der Waals surface area contributed by atoms with E-state index in [4.69, 9.17) is 19.3 Å². The summed E-state index contributed by atoms with van der Waals surface area (Å²) in [6.45, 7) is 1.58. The molecule has 116 valence electrons. The lowest BCUT2D eigenvalue weighted by Gasteiger charge is -2.08. The van der Waals surface area contributed by atoms with Crippen LogP contribution in [0, 0.1) is 10.1 Å². The Kier molecular flexibility index (Phi) is 7.05. The van der Waals surface area contributed by atoms with Crippen molar-refractivity contribution in [2.24, 2.45) is 0 Å². The topological polar surface area (TPSA) is 121 Å². The van der Waals surface area contributed by atoms with Crippen molar-refractivity contribution in [3.05, 3.63) is 27.9 Å². The summed E-state index contributed by atoms with van der Waals surface area (Å²) >= 11 is 0. The van der Waals surface area contributed by atoms with Crippen LogP contribution in [-0.4, -0.2) is 54.5 Å². The Hall–Kier alpha value is -2.26. The maximum atomic E-state index is 11.0. The molecule has 0 aliphatic heterocycles. The first-order valence-corrected chi connectivity index (χ1v) is 6.13. The molecule has 0 bridgehead atoms. The van der Waals surface area contributed by atoms with Crippen molar-refractivity contribution in [3.63, 3.8) is 0 Å². The fourth-order valence-electron chi connectivity index (χ4n) is 1.38. The molecule has 0 aliphatic rings. The van der Waals surface area contributed by atoms with Crippen molar-refractivity contribution in [2.45, 2.75) is 6.42 Å². The van der Waals surface area contributed by atoms with Crippen LogP contribution in [0.15, 0.2) is 12.3 Å². The summed E-state index contributed by atoms with van der Waals surface area (Å²) < 4.78 is 15.2. The van der Waals surface area contributed by atoms with Crippen LogP contribution in [0.5, 0.6) is 5.88 Å². The summed E-state index contributed by atoms with van der Waals surface area (Å²) in [5.41, 5.74) is -0.743. The highest BCUT2D eigenvalue weighted by Crippen LogP contribution is 2.21. The summed E-state index contributed by atoms with van der Waals surface area (Å²) in [6, 6.07) is 0.916. The van der Waals surface area contributed by atoms with Crippen molar-refractivity contribution in [3.8, 4) is 5.88 Å². The minimum atomic E-state index is -1.34. The number of carbonyl (C=O) groups is 1. The normalized spacial score (nSPS) is 10.3. The Morgan fingerprint density at radius 1 is 1.38 bits per heavy atom. The maximum Gasteiger partial charge on any atom is 0.341 e. The fraction of sp³-hybridized carbons (Fsp3) is 0.500. The number of carboxylic acid groups (broad SMARTS) is 1. The lowest BCUT2D eigenvalue weighted by Crippen LogP contribution is -2.10. The molecule has 0 radical (unpaired) electrons. The molecule has 1 rings (SSSR count). The van der Waals surface area contributed by atoms with Crippen molar-refractivity contribution < 1.29 is 29.0 Å². The van der Waals surface area contributed by atoms with Gasteiger partial charge in [-0.1, -0.05) is 0 Å². The average molecular weight is 300 g/mol. The smallest absolute Gasteiger partial charge is 0.341 e. The number of carboxylic acids is 1. The van der Waals surface area contributed by atoms with E-state index >= 15 is 0 Å². The zero-order valence-electron chi connectivity index (χ0n) is 11.5. The maximum absolute atomic E-state index is 11.0. The lowest BCUT2D eigenvalue weighted by molar-refractivity contribution is -0.385. The quantitative estimate of drug-likeness (QED) is 0.387. The molecule has 1 heterocycles. The number of rotatable bonds is 10. The van der Waals surface area contributed by atoms with Crippen LogP contribution in [0.3, 0.4) is 0 Å². The minimum Gasteiger partial charge on any atom is -0.477 e. The molecule has 9 heteroatoms. The van der Waals surface area contributed by atoms with E-state index in [2.05, 4.69) is 4.98 Å². The van der Waals surface area contributed by atoms with Crippen LogP contribution in [-0.2, 0) is 9.47 Å². The number of ether oxygens (including phenoxy) is 3. The number of nitro groups is 1. The third-order valence-electron chi connectivity index (χ3n) is 2.38. The van der Waals surface area contributed by atoms with Crippen LogP contribution in [0.1, 0.15) is 16.8 Å². The summed E-state index contributed by atoms with van der Waals surface area (Å²) in [6.07, 6.45) is 1.48. The van der Waals surface area contributed by atoms with Gasteiger partial charge < -0.3 is 19.3 Å². The number of methoxy groups -OCH3 is 1. The molecule has 0 fully saturated rings. The predicted octanol–water partition coefficient (Wildman–Crippen LogP) is 1.12. The third kappa shape index (κ3) is 5.71. The van der Waals surface area contributed by atoms with Crippen molar-refractivity contribution >= 4 is 11.7 Å². The first-order valence-electron chi connectivity index (χ1n) is 6.13. The fourth-order valence-corrected chi connectivity index (χ4v) is 1.38. The van der Waals surface area contributed by atoms with Crippen molar-refractivity contribution in [2.75, 3.05) is 33.5 Å². The van der Waals surface area contributed by atoms with Gasteiger partial charge in [0, 0.05) is 26.2 Å². The number of hydrogen-bond donors (Lipinski definition) is 1. The van der Waals surface area contributed by atoms with Gasteiger partial charge in [-0.2, -0.15) is 0 Å². The van der Waals surface area contributed by atoms with Gasteiger partial charge in [0.05, 0.1) is 24.7 Å². The number of aromatic nitrogens is 1. The van der Waals surface area contributed by atoms with E-state index in [1.54, 1.807) is 7.11 Å². The van der Waals surface area contributed by atoms with Gasteiger partial charge in [0.15, 0.2) is 0 Å². The summed E-state index contributed by atoms with van der Waals surface area (Å²) in [7, 11) is 1.57. The molecule has 1 aromatic rings. The number of nitrogens with zero attached hydrogens (tertiary/aromatic N) is 2. The molecule has 9 nitrogen and oxygen atoms in total. The highest BCUT2D eigenvalue weighted by Gasteiger charge is 2.18. The largest absolute Gasteiger partial charge is 0.477 e. The van der Waals surface area contributed by atoms with E-state index in [9.17, 15) is 14.9 Å². The summed E-state index contributed by atoms with van der Waals surface area (Å²) in [5.74, 6) is -1.48. The van der Waals surface area contributed by atoms with Gasteiger partial charge >= 0.3 is 5.97 Å². The molecule has 0 spiro atoms. The van der Waals surface area contributed by atoms with Gasteiger partial charge in [-0.3, -0.25) is 10.1 Å². The molecule has 0 saturated heterocycles. The summed E-state index contributed by atoms with van der Waals surface area (Å²) in [4.78, 5) is 24.5. The van der Waals surface area contributed by atoms with Crippen molar-refractivity contribution in [1.29, 1.82) is 0 Å². The van der Waals surface area contributed by atoms with Crippen LogP contribution in [0.25, 0.3) is 0 Å². The van der Waals surface area contributed by atoms with E-state index < -0.39 is 16.6 Å². The molecule has 0 aliphatic carbocycles. The standard InChI is InChI=1S/C12H16N2O7/c1-19-5-6-20-3-2-4-21-11-10(12(15)16)7-9(8-13-11)14(17)18/h7-8H,2-6H2,1H3,(H,15,16). The van der Waals surface area contributed by atoms with Crippen LogP contribution >= 0.6 is 0 Å². The highest BCUT2D eigenvalue weighted by molar-refractivity contribution is 5.90. The first kappa shape index (κ1) is 16.8. The van der Waals surface area contributed by atoms with Gasteiger partial charge in [0.1, 0.15) is 11.8 Å². The second-order valence-electron chi connectivity index (χ2n) is 3.92. The highest BCUT2D eigenvalue weighted by atomic mass is 16.6. The number of pyridine rings is 1. The van der Waals surface area contributed by atoms with Crippen LogP contribution in [0.4, 0.5) is 5.69 Å². The second kappa shape index (κ2) is 8.82. The number of aromatic carboxylic acids is 1. The van der Waals surface area contributed by atoms with E-state index in [0.29, 0.717) is 26.2 Å². The van der Waals surface area contributed by atoms with Gasteiger partial charge in [-0.15, -0.1) is 0 Å². The molecule has 0 unspecified atom stereocenters. The summed E-state index contributed by atoms with van der Waals surface area (Å²) in [5, 5.41) is 19.6. The monoisotopic (exact) mass is 300 g/mol. The van der Waals surface area contributed by atoms with Gasteiger partial charge in [0.2, 0.25) is 5.88 Å². The molecule has 0 saturated carbocycles. The van der Waals surface area contributed by atoms with E-state index in [1.165, 1.54) is 0 Å². The zero-order chi connectivity index (χ0) is 15.7. The molecule has 0 aromatic carbocycles. The molecule has 1 aromatic heterocycles. The van der Waals surface area contributed by atoms with Gasteiger partial charge in [0.25, 0.3) is 5.69 Å². The molecule has 21 heavy (non-hydrogen) atoms. The molecule has 0 amide bonds. The molecular formula is C12H16N2O7. The Morgan fingerprint density at radius 3 is 2.76 bits per heavy atom. The average Bonchev–Trinajstić information content (AvgIpc) is 2.46. The van der Waals surface area contributed by atoms with E-state index in [-0.39, 0.29) is 18.1 Å². The van der Waals surface area contributed by atoms with Crippen LogP contribution in [0.2, 0.25) is 0 Å². The Bertz CT molecular complexity index is 492. The Morgan fingerprint density at radius 2 is 2.14 bits per heavy atom. The van der Waals surface area contributed by atoms with Crippen LogP contribution < -0.4 is 4.74 Å². The molecule has 1 N–H and O–H groups in total. The SMILES string of the molecule is COCCOCCCOc1ncc([N+](=O)[O-])cc1C(=O)O. The minimum absolute atomic E-state index is 0.148. The second-order valence-corrected chi connectivity index (χ2v) is 3.92. The zero-order valence-corrected chi connectivity index (χ0v) is 11.5. The first-order chi connectivity index (χ1) is 10.1.